The van der Waals surface area contributed by atoms with Crippen LogP contribution in [0.1, 0.15) is 47.8 Å². The first kappa shape index (κ1) is 21.7. The Kier molecular flexibility index (Phi) is 7.02. The Morgan fingerprint density at radius 1 is 1.29 bits per heavy atom. The molecule has 150 valence electrons. The molecule has 0 aromatic heterocycles. The van der Waals surface area contributed by atoms with Crippen LogP contribution in [0.15, 0.2) is 36.4 Å². The molecule has 2 aromatic carbocycles. The molecule has 28 heavy (non-hydrogen) atoms. The maximum Gasteiger partial charge on any atom is 0.337 e. The Bertz CT molecular complexity index is 885. The lowest BCUT2D eigenvalue weighted by Crippen LogP contribution is -2.30. The van der Waals surface area contributed by atoms with Crippen LogP contribution in [0.2, 0.25) is 5.02 Å². The maximum absolute atomic E-state index is 11.8. The normalized spacial score (nSPS) is 12.9. The summed E-state index contributed by atoms with van der Waals surface area (Å²) in [5.41, 5.74) is 3.20. The third-order valence-corrected chi connectivity index (χ3v) is 5.41. The number of ether oxygens (including phenoxy) is 1. The van der Waals surface area contributed by atoms with Crippen LogP contribution >= 0.6 is 11.6 Å². The number of halogens is 1. The number of hydrogen-bond acceptors (Lipinski definition) is 5. The number of methoxy groups -OCH3 is 1. The van der Waals surface area contributed by atoms with E-state index in [2.05, 4.69) is 18.7 Å². The molecule has 0 aliphatic rings. The summed E-state index contributed by atoms with van der Waals surface area (Å²) < 4.78 is 4.79. The van der Waals surface area contributed by atoms with Gasteiger partial charge in [0.1, 0.15) is 5.02 Å². The number of carbonyl (C=O) groups is 1. The average molecular weight is 405 g/mol. The second-order valence-electron chi connectivity index (χ2n) is 6.90. The Hall–Kier alpha value is -2.60. The van der Waals surface area contributed by atoms with E-state index in [9.17, 15) is 14.9 Å². The molecule has 0 aliphatic carbocycles. The standard InChI is InChI=1S/C21H25ClN2O4/c1-6-13(2)20(15-7-10-19(24(26)27)17(22)12-15)23(4)18-9-8-16(11-14(18)3)21(25)28-5/h7-13,20H,6H2,1-5H3. The van der Waals surface area contributed by atoms with Crippen molar-refractivity contribution in [3.8, 4) is 0 Å². The number of carbonyl (C=O) groups excluding carboxylic acids is 1. The molecule has 0 saturated heterocycles. The molecule has 0 radical (unpaired) electrons. The summed E-state index contributed by atoms with van der Waals surface area (Å²) in [7, 11) is 3.33. The molecule has 0 fully saturated rings. The smallest absolute Gasteiger partial charge is 0.337 e. The number of anilines is 1. The highest BCUT2D eigenvalue weighted by Crippen LogP contribution is 2.37. The Labute approximate surface area is 170 Å². The van der Waals surface area contributed by atoms with Gasteiger partial charge in [-0.25, -0.2) is 4.79 Å². The topological polar surface area (TPSA) is 72.7 Å². The second-order valence-corrected chi connectivity index (χ2v) is 7.31. The fourth-order valence-electron chi connectivity index (χ4n) is 3.46. The van der Waals surface area contributed by atoms with Gasteiger partial charge in [-0.15, -0.1) is 0 Å². The molecule has 0 heterocycles. The summed E-state index contributed by atoms with van der Waals surface area (Å²) in [4.78, 5) is 24.5. The van der Waals surface area contributed by atoms with Gasteiger partial charge < -0.3 is 9.64 Å². The fraction of sp³-hybridized carbons (Fsp3) is 0.381. The molecule has 2 unspecified atom stereocenters. The van der Waals surface area contributed by atoms with Gasteiger partial charge in [-0.05, 0) is 48.2 Å². The van der Waals surface area contributed by atoms with Crippen molar-refractivity contribution in [3.05, 3.63) is 68.2 Å². The van der Waals surface area contributed by atoms with E-state index in [0.29, 0.717) is 5.56 Å². The van der Waals surface area contributed by atoms with Crippen molar-refractivity contribution in [3.63, 3.8) is 0 Å². The minimum Gasteiger partial charge on any atom is -0.465 e. The molecular formula is C21H25ClN2O4. The van der Waals surface area contributed by atoms with Gasteiger partial charge in [0.2, 0.25) is 0 Å². The van der Waals surface area contributed by atoms with Crippen LogP contribution < -0.4 is 4.90 Å². The summed E-state index contributed by atoms with van der Waals surface area (Å²) in [5, 5.41) is 11.2. The average Bonchev–Trinajstić information content (AvgIpc) is 2.66. The predicted molar refractivity (Wildman–Crippen MR) is 111 cm³/mol. The number of hydrogen-bond donors (Lipinski definition) is 0. The molecule has 0 spiro atoms. The van der Waals surface area contributed by atoms with Crippen molar-refractivity contribution in [2.75, 3.05) is 19.1 Å². The molecule has 0 saturated carbocycles. The van der Waals surface area contributed by atoms with E-state index in [0.717, 1.165) is 23.2 Å². The van der Waals surface area contributed by atoms with Crippen LogP contribution in [0.4, 0.5) is 11.4 Å². The van der Waals surface area contributed by atoms with Crippen molar-refractivity contribution in [2.24, 2.45) is 5.92 Å². The van der Waals surface area contributed by atoms with Crippen molar-refractivity contribution in [2.45, 2.75) is 33.2 Å². The molecule has 6 nitrogen and oxygen atoms in total. The number of nitrogens with zero attached hydrogens (tertiary/aromatic N) is 2. The Morgan fingerprint density at radius 3 is 2.46 bits per heavy atom. The van der Waals surface area contributed by atoms with Crippen LogP contribution in [-0.4, -0.2) is 25.1 Å². The molecule has 0 aliphatic heterocycles. The molecular weight excluding hydrogens is 380 g/mol. The maximum atomic E-state index is 11.8. The summed E-state index contributed by atoms with van der Waals surface area (Å²) in [5.74, 6) is -0.111. The van der Waals surface area contributed by atoms with Gasteiger partial charge in [-0.1, -0.05) is 37.9 Å². The number of rotatable bonds is 7. The van der Waals surface area contributed by atoms with Crippen molar-refractivity contribution >= 4 is 28.9 Å². The molecule has 2 atom stereocenters. The van der Waals surface area contributed by atoms with E-state index in [-0.39, 0.29) is 28.6 Å². The number of aryl methyl sites for hydroxylation is 1. The van der Waals surface area contributed by atoms with Gasteiger partial charge >= 0.3 is 5.97 Å². The van der Waals surface area contributed by atoms with Crippen molar-refractivity contribution in [1.29, 1.82) is 0 Å². The van der Waals surface area contributed by atoms with Gasteiger partial charge in [-0.3, -0.25) is 10.1 Å². The highest BCUT2D eigenvalue weighted by atomic mass is 35.5. The first-order chi connectivity index (χ1) is 13.2. The molecule has 2 aromatic rings. The SMILES string of the molecule is CCC(C)C(c1ccc([N+](=O)[O-])c(Cl)c1)N(C)c1ccc(C(=O)OC)cc1C. The van der Waals surface area contributed by atoms with Crippen LogP contribution in [0.5, 0.6) is 0 Å². The van der Waals surface area contributed by atoms with Gasteiger partial charge in [-0.2, -0.15) is 0 Å². The van der Waals surface area contributed by atoms with E-state index in [1.807, 2.05) is 20.0 Å². The number of nitro groups is 1. The monoisotopic (exact) mass is 404 g/mol. The third kappa shape index (κ3) is 4.44. The van der Waals surface area contributed by atoms with Crippen LogP contribution in [0.25, 0.3) is 0 Å². The summed E-state index contributed by atoms with van der Waals surface area (Å²) in [6.45, 7) is 6.18. The first-order valence-corrected chi connectivity index (χ1v) is 9.44. The quantitative estimate of drug-likeness (QED) is 0.343. The van der Waals surface area contributed by atoms with E-state index in [4.69, 9.17) is 16.3 Å². The lowest BCUT2D eigenvalue weighted by Gasteiger charge is -2.35. The van der Waals surface area contributed by atoms with Crippen molar-refractivity contribution < 1.29 is 14.5 Å². The lowest BCUT2D eigenvalue weighted by atomic mass is 9.90. The third-order valence-electron chi connectivity index (χ3n) is 5.11. The summed E-state index contributed by atoms with van der Waals surface area (Å²) in [6, 6.07) is 10.3. The van der Waals surface area contributed by atoms with Crippen LogP contribution in [-0.2, 0) is 4.74 Å². The molecule has 0 amide bonds. The minimum absolute atomic E-state index is 0.0361. The largest absolute Gasteiger partial charge is 0.465 e. The van der Waals surface area contributed by atoms with Crippen LogP contribution in [0, 0.1) is 23.0 Å². The zero-order valence-corrected chi connectivity index (χ0v) is 17.5. The van der Waals surface area contributed by atoms with Gasteiger partial charge in [0.05, 0.1) is 23.6 Å². The van der Waals surface area contributed by atoms with E-state index in [1.165, 1.54) is 13.2 Å². The molecule has 0 N–H and O–H groups in total. The molecule has 2 rings (SSSR count). The predicted octanol–water partition coefficient (Wildman–Crippen LogP) is 5.57. The lowest BCUT2D eigenvalue weighted by molar-refractivity contribution is -0.384. The number of benzene rings is 2. The summed E-state index contributed by atoms with van der Waals surface area (Å²) in [6.07, 6.45) is 0.920. The van der Waals surface area contributed by atoms with Crippen LogP contribution in [0.3, 0.4) is 0 Å². The van der Waals surface area contributed by atoms with E-state index >= 15 is 0 Å². The van der Waals surface area contributed by atoms with Gasteiger partial charge in [0, 0.05) is 18.8 Å². The number of nitro benzene ring substituents is 1. The minimum atomic E-state index is -0.482. The summed E-state index contributed by atoms with van der Waals surface area (Å²) >= 11 is 6.16. The highest BCUT2D eigenvalue weighted by Gasteiger charge is 2.26. The van der Waals surface area contributed by atoms with Crippen molar-refractivity contribution in [1.82, 2.24) is 0 Å². The first-order valence-electron chi connectivity index (χ1n) is 9.06. The van der Waals surface area contributed by atoms with Gasteiger partial charge in [0.25, 0.3) is 5.69 Å². The zero-order valence-electron chi connectivity index (χ0n) is 16.7. The molecule has 0 bridgehead atoms. The van der Waals surface area contributed by atoms with Gasteiger partial charge in [0.15, 0.2) is 0 Å². The highest BCUT2D eigenvalue weighted by molar-refractivity contribution is 6.32. The fourth-order valence-corrected chi connectivity index (χ4v) is 3.72. The second kappa shape index (κ2) is 9.06. The Balaban J connectivity index is 2.47. The van der Waals surface area contributed by atoms with E-state index in [1.54, 1.807) is 24.3 Å². The van der Waals surface area contributed by atoms with E-state index < -0.39 is 4.92 Å². The zero-order chi connectivity index (χ0) is 21.0. The molecule has 7 heteroatoms. The number of esters is 1. The Morgan fingerprint density at radius 2 is 1.96 bits per heavy atom.